The van der Waals surface area contributed by atoms with Crippen molar-refractivity contribution in [3.8, 4) is 28.5 Å². The second-order valence-electron chi connectivity index (χ2n) is 10.2. The molecule has 2 aromatic heterocycles. The Labute approximate surface area is 200 Å². The Morgan fingerprint density at radius 1 is 1.21 bits per heavy atom. The number of nitrogens with one attached hydrogen (secondary N) is 1. The van der Waals surface area contributed by atoms with Gasteiger partial charge in [0.1, 0.15) is 11.9 Å². The van der Waals surface area contributed by atoms with Crippen LogP contribution in [0.15, 0.2) is 24.4 Å². The highest BCUT2D eigenvalue weighted by molar-refractivity contribution is 5.70. The molecule has 2 saturated heterocycles. The third-order valence-corrected chi connectivity index (χ3v) is 7.41. The minimum atomic E-state index is -2.55. The smallest absolute Gasteiger partial charge is 0.205 e. The lowest BCUT2D eigenvalue weighted by Gasteiger charge is -2.48. The van der Waals surface area contributed by atoms with Crippen molar-refractivity contribution in [1.82, 2.24) is 40.7 Å². The summed E-state index contributed by atoms with van der Waals surface area (Å²) < 4.78 is 37.9. The van der Waals surface area contributed by atoms with Crippen LogP contribution in [0.25, 0.3) is 22.8 Å². The van der Waals surface area contributed by atoms with Crippen molar-refractivity contribution in [2.24, 2.45) is 6.98 Å². The zero-order chi connectivity index (χ0) is 26.2. The number of hydrogen-bond acceptors (Lipinski definition) is 9. The number of anilines is 1. The van der Waals surface area contributed by atoms with Gasteiger partial charge in [0.05, 0.1) is 24.8 Å². The second kappa shape index (κ2) is 7.39. The van der Waals surface area contributed by atoms with Crippen LogP contribution in [0.3, 0.4) is 0 Å². The molecular formula is C23H28FN9O. The number of phenolic OH excluding ortho intramolecular Hbond substituents is 1. The number of rotatable bonds is 5. The van der Waals surface area contributed by atoms with Gasteiger partial charge in [0.15, 0.2) is 11.6 Å². The number of aromatic hydroxyl groups is 1. The maximum absolute atomic E-state index is 15.8. The van der Waals surface area contributed by atoms with Gasteiger partial charge in [0.25, 0.3) is 0 Å². The van der Waals surface area contributed by atoms with E-state index < -0.39 is 18.7 Å². The van der Waals surface area contributed by atoms with Crippen LogP contribution in [0.1, 0.15) is 50.1 Å². The molecule has 0 unspecified atom stereocenters. The number of nitrogens with zero attached hydrogens (tertiary/aromatic N) is 8. The molecule has 178 valence electrons. The number of alkyl halides is 1. The minimum Gasteiger partial charge on any atom is -0.507 e. The van der Waals surface area contributed by atoms with Crippen LogP contribution < -0.4 is 10.2 Å². The fraction of sp³-hybridized carbons (Fsp3) is 0.565. The first-order valence-electron chi connectivity index (χ1n) is 13.0. The summed E-state index contributed by atoms with van der Waals surface area (Å²) in [5.41, 5.74) is 0.0702. The van der Waals surface area contributed by atoms with Gasteiger partial charge in [-0.15, -0.1) is 20.4 Å². The molecule has 1 saturated carbocycles. The fourth-order valence-electron chi connectivity index (χ4n) is 5.62. The number of tetrazole rings is 1. The lowest BCUT2D eigenvalue weighted by molar-refractivity contribution is 0.0831. The summed E-state index contributed by atoms with van der Waals surface area (Å²) in [6.07, 6.45) is 4.95. The summed E-state index contributed by atoms with van der Waals surface area (Å²) in [5, 5.41) is 34.0. The van der Waals surface area contributed by atoms with E-state index in [0.717, 1.165) is 25.7 Å². The molecule has 3 aliphatic rings. The van der Waals surface area contributed by atoms with E-state index in [9.17, 15) is 5.11 Å². The predicted molar refractivity (Wildman–Crippen MR) is 123 cm³/mol. The van der Waals surface area contributed by atoms with Crippen LogP contribution in [0.4, 0.5) is 10.2 Å². The molecule has 0 spiro atoms. The lowest BCUT2D eigenvalue weighted by atomic mass is 9.82. The van der Waals surface area contributed by atoms with Crippen molar-refractivity contribution < 1.29 is 13.6 Å². The molecule has 34 heavy (non-hydrogen) atoms. The highest BCUT2D eigenvalue weighted by atomic mass is 19.1. The monoisotopic (exact) mass is 468 g/mol. The maximum atomic E-state index is 15.8. The average molecular weight is 469 g/mol. The highest BCUT2D eigenvalue weighted by Gasteiger charge is 2.58. The summed E-state index contributed by atoms with van der Waals surface area (Å²) in [7, 11) is 0. The van der Waals surface area contributed by atoms with Crippen molar-refractivity contribution in [3.05, 3.63) is 24.4 Å². The SMILES string of the molecule is [2H]C([2H])([2H])n1nnc(-c2ccc(-c3ncc(N(C4CC4)[C@H]4C[C@]5(C)CC[C@@](C)(N5)[C@H]4F)nn3)c(O)c2)n1. The van der Waals surface area contributed by atoms with Gasteiger partial charge in [-0.3, -0.25) is 0 Å². The first-order chi connectivity index (χ1) is 17.5. The normalized spacial score (nSPS) is 32.1. The third kappa shape index (κ3) is 3.49. The standard InChI is InChI=1S/C23H28FN9O/c1-22-8-9-23(2,30-22)19(24)16(11-22)33(14-5-6-14)18-12-25-21(27-26-18)15-7-4-13(10-17(15)34)20-28-31-32(3)29-20/h4,7,10,12,14,16,19,30,34H,5-6,8-9,11H2,1-3H3/t16-,19-,22-,23+/m0/s1/i3D3. The second-order valence-corrected chi connectivity index (χ2v) is 10.2. The molecule has 4 heterocycles. The molecule has 0 amide bonds. The molecule has 6 rings (SSSR count). The summed E-state index contributed by atoms with van der Waals surface area (Å²) in [4.78, 5) is 7.06. The van der Waals surface area contributed by atoms with Crippen LogP contribution in [0.2, 0.25) is 0 Å². The molecule has 3 aromatic rings. The zero-order valence-electron chi connectivity index (χ0n) is 22.0. The zero-order valence-corrected chi connectivity index (χ0v) is 19.0. The minimum absolute atomic E-state index is 0.0616. The Morgan fingerprint density at radius 3 is 2.74 bits per heavy atom. The van der Waals surface area contributed by atoms with Crippen molar-refractivity contribution in [3.63, 3.8) is 0 Å². The molecule has 2 bridgehead atoms. The van der Waals surface area contributed by atoms with E-state index in [2.05, 4.69) is 47.7 Å². The van der Waals surface area contributed by atoms with Gasteiger partial charge in [-0.2, -0.15) is 4.80 Å². The van der Waals surface area contributed by atoms with Crippen LogP contribution in [0.5, 0.6) is 5.75 Å². The van der Waals surface area contributed by atoms with E-state index >= 15 is 4.39 Å². The Balaban J connectivity index is 1.26. The van der Waals surface area contributed by atoms with Crippen molar-refractivity contribution in [2.75, 3.05) is 4.90 Å². The first kappa shape index (κ1) is 18.2. The summed E-state index contributed by atoms with van der Waals surface area (Å²) in [6.45, 7) is 1.59. The lowest BCUT2D eigenvalue weighted by Crippen LogP contribution is -2.66. The van der Waals surface area contributed by atoms with Crippen LogP contribution in [-0.4, -0.2) is 69.8 Å². The third-order valence-electron chi connectivity index (χ3n) is 7.41. The molecule has 11 heteroatoms. The number of aryl methyl sites for hydroxylation is 1. The maximum Gasteiger partial charge on any atom is 0.205 e. The number of halogens is 1. The quantitative estimate of drug-likeness (QED) is 0.582. The molecule has 1 aliphatic carbocycles. The van der Waals surface area contributed by atoms with E-state index in [0.29, 0.717) is 28.2 Å². The summed E-state index contributed by atoms with van der Waals surface area (Å²) in [5.74, 6) is 0.667. The van der Waals surface area contributed by atoms with Gasteiger partial charge in [-0.25, -0.2) is 9.37 Å². The average Bonchev–Trinajstić information content (AvgIpc) is 3.45. The Bertz CT molecular complexity index is 1330. The molecule has 1 aromatic carbocycles. The number of fused-ring (bicyclic) bond motifs is 2. The van der Waals surface area contributed by atoms with Gasteiger partial charge in [0.2, 0.25) is 5.82 Å². The fourth-order valence-corrected chi connectivity index (χ4v) is 5.62. The van der Waals surface area contributed by atoms with E-state index in [4.69, 9.17) is 4.11 Å². The van der Waals surface area contributed by atoms with Gasteiger partial charge in [-0.1, -0.05) is 6.07 Å². The number of piperidine rings is 1. The Kier molecular flexibility index (Phi) is 3.95. The number of benzene rings is 1. The Morgan fingerprint density at radius 2 is 2.06 bits per heavy atom. The first-order valence-corrected chi connectivity index (χ1v) is 11.5. The van der Waals surface area contributed by atoms with E-state index in [1.165, 1.54) is 6.07 Å². The van der Waals surface area contributed by atoms with Gasteiger partial charge in [0, 0.05) is 26.8 Å². The van der Waals surface area contributed by atoms with Crippen molar-refractivity contribution in [1.29, 1.82) is 0 Å². The molecule has 2 aliphatic heterocycles. The molecular weight excluding hydrogens is 437 g/mol. The number of phenols is 1. The number of hydrogen-bond donors (Lipinski definition) is 2. The summed E-state index contributed by atoms with van der Waals surface area (Å²) >= 11 is 0. The molecule has 4 atom stereocenters. The molecule has 2 N–H and O–H groups in total. The predicted octanol–water partition coefficient (Wildman–Crippen LogP) is 2.41. The van der Waals surface area contributed by atoms with Gasteiger partial charge >= 0.3 is 0 Å². The topological polar surface area (TPSA) is 118 Å². The molecule has 0 radical (unpaired) electrons. The molecule has 10 nitrogen and oxygen atoms in total. The largest absolute Gasteiger partial charge is 0.507 e. The van der Waals surface area contributed by atoms with Gasteiger partial charge in [-0.05, 0) is 63.3 Å². The Hall–Kier alpha value is -3.21. The van der Waals surface area contributed by atoms with E-state index in [-0.39, 0.29) is 35.0 Å². The van der Waals surface area contributed by atoms with E-state index in [1.807, 2.05) is 6.92 Å². The highest BCUT2D eigenvalue weighted by Crippen LogP contribution is 2.47. The van der Waals surface area contributed by atoms with Gasteiger partial charge < -0.3 is 15.3 Å². The number of aromatic nitrogens is 7. The van der Waals surface area contributed by atoms with Crippen molar-refractivity contribution in [2.45, 2.75) is 75.3 Å². The molecule has 3 fully saturated rings. The summed E-state index contributed by atoms with van der Waals surface area (Å²) in [6, 6.07) is 4.50. The van der Waals surface area contributed by atoms with Crippen molar-refractivity contribution >= 4 is 5.82 Å². The van der Waals surface area contributed by atoms with Crippen LogP contribution in [-0.2, 0) is 6.98 Å². The van der Waals surface area contributed by atoms with Crippen LogP contribution in [0, 0.1) is 0 Å². The van der Waals surface area contributed by atoms with E-state index in [1.54, 1.807) is 18.3 Å². The van der Waals surface area contributed by atoms with Crippen LogP contribution >= 0.6 is 0 Å².